The molecular formula is C29H33F2N3O4S. The largest absolute Gasteiger partial charge is 0.350 e. The van der Waals surface area contributed by atoms with Crippen LogP contribution in [0.15, 0.2) is 83.8 Å². The number of halogens is 2. The van der Waals surface area contributed by atoms with E-state index in [1.165, 1.54) is 29.2 Å². The van der Waals surface area contributed by atoms with Crippen LogP contribution in [0.1, 0.15) is 39.7 Å². The number of benzene rings is 3. The molecule has 1 N–H and O–H groups in total. The van der Waals surface area contributed by atoms with Crippen LogP contribution < -0.4 is 9.62 Å². The molecule has 3 aromatic carbocycles. The Labute approximate surface area is 228 Å². The first-order valence-electron chi connectivity index (χ1n) is 12.5. The number of para-hydroxylation sites is 1. The lowest BCUT2D eigenvalue weighted by molar-refractivity contribution is -0.141. The summed E-state index contributed by atoms with van der Waals surface area (Å²) in [6.45, 7) is 6.53. The number of carbonyl (C=O) groups excluding carboxylic acids is 2. The molecule has 0 aliphatic heterocycles. The van der Waals surface area contributed by atoms with Gasteiger partial charge < -0.3 is 10.2 Å². The maximum Gasteiger partial charge on any atom is 0.264 e. The molecule has 0 bridgehead atoms. The van der Waals surface area contributed by atoms with Crippen LogP contribution in [0.2, 0.25) is 0 Å². The third-order valence-electron chi connectivity index (χ3n) is 5.87. The minimum absolute atomic E-state index is 0.0472. The molecule has 3 rings (SSSR count). The monoisotopic (exact) mass is 557 g/mol. The Bertz CT molecular complexity index is 1370. The predicted octanol–water partition coefficient (Wildman–Crippen LogP) is 4.88. The summed E-state index contributed by atoms with van der Waals surface area (Å²) >= 11 is 0. The van der Waals surface area contributed by atoms with Crippen LogP contribution >= 0.6 is 0 Å². The van der Waals surface area contributed by atoms with Crippen molar-refractivity contribution in [1.82, 2.24) is 10.2 Å². The van der Waals surface area contributed by atoms with Gasteiger partial charge in [-0.3, -0.25) is 13.9 Å². The van der Waals surface area contributed by atoms with Gasteiger partial charge in [-0.05, 0) is 81.3 Å². The Hall–Kier alpha value is -3.79. The van der Waals surface area contributed by atoms with E-state index in [0.717, 1.165) is 28.6 Å². The Morgan fingerprint density at radius 3 is 1.92 bits per heavy atom. The number of rotatable bonds is 10. The highest BCUT2D eigenvalue weighted by atomic mass is 32.2. The van der Waals surface area contributed by atoms with E-state index in [-0.39, 0.29) is 23.5 Å². The third-order valence-corrected chi connectivity index (χ3v) is 7.66. The van der Waals surface area contributed by atoms with Crippen LogP contribution in [0.5, 0.6) is 0 Å². The summed E-state index contributed by atoms with van der Waals surface area (Å²) in [7, 11) is -4.29. The van der Waals surface area contributed by atoms with Crippen molar-refractivity contribution in [3.63, 3.8) is 0 Å². The van der Waals surface area contributed by atoms with E-state index in [4.69, 9.17) is 0 Å². The molecule has 208 valence electrons. The quantitative estimate of drug-likeness (QED) is 0.385. The number of hydrogen-bond donors (Lipinski definition) is 1. The zero-order chi connectivity index (χ0) is 28.8. The van der Waals surface area contributed by atoms with Gasteiger partial charge in [0, 0.05) is 12.1 Å². The Morgan fingerprint density at radius 2 is 1.41 bits per heavy atom. The Balaban J connectivity index is 2.04. The molecular weight excluding hydrogens is 524 g/mol. The maximum atomic E-state index is 13.9. The maximum absolute atomic E-state index is 13.9. The van der Waals surface area contributed by atoms with Crippen molar-refractivity contribution in [3.8, 4) is 0 Å². The SMILES string of the molecule is CC[C@H](C(=O)NC(C)(C)C)N(Cc1ccc(F)cc1)C(=O)CN(c1ccccc1)S(=O)(=O)c1ccc(F)cc1. The topological polar surface area (TPSA) is 86.8 Å². The molecule has 0 aliphatic rings. The van der Waals surface area contributed by atoms with Gasteiger partial charge in [0.15, 0.2) is 0 Å². The molecule has 1 atom stereocenters. The van der Waals surface area contributed by atoms with Gasteiger partial charge in [-0.25, -0.2) is 17.2 Å². The van der Waals surface area contributed by atoms with Crippen LogP contribution in [-0.4, -0.2) is 43.3 Å². The van der Waals surface area contributed by atoms with Gasteiger partial charge in [-0.2, -0.15) is 0 Å². The number of anilines is 1. The molecule has 39 heavy (non-hydrogen) atoms. The van der Waals surface area contributed by atoms with Gasteiger partial charge >= 0.3 is 0 Å². The highest BCUT2D eigenvalue weighted by Gasteiger charge is 2.34. The lowest BCUT2D eigenvalue weighted by atomic mass is 10.1. The second kappa shape index (κ2) is 12.4. The molecule has 2 amide bonds. The van der Waals surface area contributed by atoms with Crippen LogP contribution in [-0.2, 0) is 26.2 Å². The summed E-state index contributed by atoms with van der Waals surface area (Å²) in [4.78, 5) is 28.3. The molecule has 0 aromatic heterocycles. The van der Waals surface area contributed by atoms with Crippen molar-refractivity contribution in [2.75, 3.05) is 10.8 Å². The average molecular weight is 558 g/mol. The lowest BCUT2D eigenvalue weighted by Gasteiger charge is -2.34. The first kappa shape index (κ1) is 29.8. The zero-order valence-corrected chi connectivity index (χ0v) is 23.2. The standard InChI is InChI=1S/C29H33F2N3O4S/c1-5-26(28(36)32-29(2,3)4)33(19-21-11-13-22(30)14-12-21)27(35)20-34(24-9-7-6-8-10-24)39(37,38)25-17-15-23(31)16-18-25/h6-18,26H,5,19-20H2,1-4H3,(H,32,36)/t26-/m1/s1. The highest BCUT2D eigenvalue weighted by Crippen LogP contribution is 2.25. The van der Waals surface area contributed by atoms with E-state index in [9.17, 15) is 26.8 Å². The van der Waals surface area contributed by atoms with E-state index < -0.39 is 51.6 Å². The van der Waals surface area contributed by atoms with Crippen molar-refractivity contribution in [1.29, 1.82) is 0 Å². The number of sulfonamides is 1. The summed E-state index contributed by atoms with van der Waals surface area (Å²) in [5.74, 6) is -2.08. The summed E-state index contributed by atoms with van der Waals surface area (Å²) in [6, 6.07) is 17.0. The second-order valence-electron chi connectivity index (χ2n) is 10.1. The molecule has 10 heteroatoms. The summed E-state index contributed by atoms with van der Waals surface area (Å²) in [5, 5.41) is 2.89. The van der Waals surface area contributed by atoms with Gasteiger partial charge in [0.2, 0.25) is 11.8 Å². The Morgan fingerprint density at radius 1 is 0.872 bits per heavy atom. The van der Waals surface area contributed by atoms with E-state index in [0.29, 0.717) is 5.56 Å². The van der Waals surface area contributed by atoms with E-state index in [1.54, 1.807) is 37.3 Å². The first-order chi connectivity index (χ1) is 18.3. The fourth-order valence-corrected chi connectivity index (χ4v) is 5.43. The molecule has 7 nitrogen and oxygen atoms in total. The number of hydrogen-bond acceptors (Lipinski definition) is 4. The fourth-order valence-electron chi connectivity index (χ4n) is 4.02. The van der Waals surface area contributed by atoms with Crippen LogP contribution in [0.3, 0.4) is 0 Å². The summed E-state index contributed by atoms with van der Waals surface area (Å²) in [6.07, 6.45) is 0.255. The number of amides is 2. The molecule has 0 spiro atoms. The summed E-state index contributed by atoms with van der Waals surface area (Å²) < 4.78 is 55.4. The Kier molecular flexibility index (Phi) is 9.45. The first-order valence-corrected chi connectivity index (χ1v) is 13.9. The second-order valence-corrected chi connectivity index (χ2v) is 12.0. The molecule has 0 unspecified atom stereocenters. The minimum atomic E-state index is -4.29. The van der Waals surface area contributed by atoms with Gasteiger partial charge in [0.1, 0.15) is 24.2 Å². The average Bonchev–Trinajstić information content (AvgIpc) is 2.87. The van der Waals surface area contributed by atoms with E-state index in [2.05, 4.69) is 5.32 Å². The molecule has 0 radical (unpaired) electrons. The van der Waals surface area contributed by atoms with E-state index in [1.807, 2.05) is 20.8 Å². The molecule has 0 saturated carbocycles. The van der Waals surface area contributed by atoms with Crippen molar-refractivity contribution in [3.05, 3.63) is 96.1 Å². The molecule has 0 heterocycles. The molecule has 0 fully saturated rings. The van der Waals surface area contributed by atoms with Gasteiger partial charge in [-0.15, -0.1) is 0 Å². The van der Waals surface area contributed by atoms with Crippen LogP contribution in [0, 0.1) is 11.6 Å². The predicted molar refractivity (Wildman–Crippen MR) is 146 cm³/mol. The van der Waals surface area contributed by atoms with Gasteiger partial charge in [0.25, 0.3) is 10.0 Å². The third kappa shape index (κ3) is 7.86. The molecule has 0 aliphatic carbocycles. The van der Waals surface area contributed by atoms with Crippen molar-refractivity contribution in [2.45, 2.75) is 57.1 Å². The fraction of sp³-hybridized carbons (Fsp3) is 0.310. The lowest BCUT2D eigenvalue weighted by Crippen LogP contribution is -2.55. The normalized spacial score (nSPS) is 12.5. The minimum Gasteiger partial charge on any atom is -0.350 e. The molecule has 0 saturated heterocycles. The number of nitrogens with one attached hydrogen (secondary N) is 1. The molecule has 3 aromatic rings. The van der Waals surface area contributed by atoms with Crippen molar-refractivity contribution >= 4 is 27.5 Å². The number of nitrogens with zero attached hydrogens (tertiary/aromatic N) is 2. The summed E-state index contributed by atoms with van der Waals surface area (Å²) in [5.41, 5.74) is 0.223. The van der Waals surface area contributed by atoms with E-state index >= 15 is 0 Å². The van der Waals surface area contributed by atoms with Crippen molar-refractivity contribution in [2.24, 2.45) is 0 Å². The zero-order valence-electron chi connectivity index (χ0n) is 22.4. The van der Waals surface area contributed by atoms with Crippen LogP contribution in [0.4, 0.5) is 14.5 Å². The smallest absolute Gasteiger partial charge is 0.264 e. The van der Waals surface area contributed by atoms with Crippen molar-refractivity contribution < 1.29 is 26.8 Å². The van der Waals surface area contributed by atoms with Gasteiger partial charge in [-0.1, -0.05) is 37.3 Å². The highest BCUT2D eigenvalue weighted by molar-refractivity contribution is 7.92. The van der Waals surface area contributed by atoms with Crippen LogP contribution in [0.25, 0.3) is 0 Å². The van der Waals surface area contributed by atoms with Gasteiger partial charge in [0.05, 0.1) is 10.6 Å². The number of carbonyl (C=O) groups is 2.